The minimum Gasteiger partial charge on any atom is -0.496 e. The van der Waals surface area contributed by atoms with Gasteiger partial charge in [0.2, 0.25) is 5.91 Å². The number of methoxy groups -OCH3 is 1. The van der Waals surface area contributed by atoms with E-state index in [0.29, 0.717) is 11.3 Å². The number of aliphatic hydroxyl groups is 2. The monoisotopic (exact) mass is 297 g/mol. The average molecular weight is 297 g/mol. The second kappa shape index (κ2) is 7.61. The lowest BCUT2D eigenvalue weighted by Crippen LogP contribution is -2.34. The Balaban J connectivity index is 2.96. The standard InChI is InChI=1S/C14H19NO6/c1-8(16)15-7-11(17)14(20)10-5-9(6-13(18)19)3-4-12(10)21-2/h3-5,11,14,17,20H,6-7H2,1-2H3,(H,15,16)(H,18,19). The molecule has 1 aromatic carbocycles. The Morgan fingerprint density at radius 2 is 2.00 bits per heavy atom. The summed E-state index contributed by atoms with van der Waals surface area (Å²) in [6.07, 6.45) is -2.74. The van der Waals surface area contributed by atoms with Crippen molar-refractivity contribution in [2.75, 3.05) is 13.7 Å². The van der Waals surface area contributed by atoms with Gasteiger partial charge in [-0.3, -0.25) is 9.59 Å². The van der Waals surface area contributed by atoms with Gasteiger partial charge in [-0.05, 0) is 17.7 Å². The first-order chi connectivity index (χ1) is 9.85. The minimum absolute atomic E-state index is 0.122. The van der Waals surface area contributed by atoms with Crippen LogP contribution in [0.15, 0.2) is 18.2 Å². The number of rotatable bonds is 7. The number of ether oxygens (including phenoxy) is 1. The molecular formula is C14H19NO6. The van der Waals surface area contributed by atoms with Crippen LogP contribution in [0.2, 0.25) is 0 Å². The van der Waals surface area contributed by atoms with Crippen molar-refractivity contribution in [2.24, 2.45) is 0 Å². The van der Waals surface area contributed by atoms with E-state index in [9.17, 15) is 19.8 Å². The fourth-order valence-corrected chi connectivity index (χ4v) is 1.87. The molecule has 0 spiro atoms. The average Bonchev–Trinajstić information content (AvgIpc) is 2.43. The zero-order valence-electron chi connectivity index (χ0n) is 11.9. The van der Waals surface area contributed by atoms with Gasteiger partial charge in [0.25, 0.3) is 0 Å². The number of carbonyl (C=O) groups is 2. The van der Waals surface area contributed by atoms with Crippen molar-refractivity contribution < 1.29 is 29.6 Å². The zero-order chi connectivity index (χ0) is 16.0. The van der Waals surface area contributed by atoms with Gasteiger partial charge in [0.15, 0.2) is 0 Å². The molecule has 0 aromatic heterocycles. The normalized spacial score (nSPS) is 13.3. The van der Waals surface area contributed by atoms with Crippen LogP contribution in [0.4, 0.5) is 0 Å². The van der Waals surface area contributed by atoms with Crippen LogP contribution in [0.3, 0.4) is 0 Å². The number of nitrogens with one attached hydrogen (secondary N) is 1. The molecule has 0 saturated heterocycles. The Morgan fingerprint density at radius 3 is 2.52 bits per heavy atom. The Labute approximate surface area is 122 Å². The molecule has 0 heterocycles. The first-order valence-electron chi connectivity index (χ1n) is 6.34. The van der Waals surface area contributed by atoms with Gasteiger partial charge in [0.05, 0.1) is 13.5 Å². The SMILES string of the molecule is COc1ccc(CC(=O)O)cc1C(O)C(O)CNC(C)=O. The maximum Gasteiger partial charge on any atom is 0.307 e. The molecule has 0 saturated carbocycles. The Kier molecular flexibility index (Phi) is 6.13. The molecule has 0 aliphatic rings. The molecule has 0 aliphatic heterocycles. The molecule has 0 radical (unpaired) electrons. The van der Waals surface area contributed by atoms with Crippen LogP contribution >= 0.6 is 0 Å². The molecule has 21 heavy (non-hydrogen) atoms. The van der Waals surface area contributed by atoms with Crippen LogP contribution < -0.4 is 10.1 Å². The molecular weight excluding hydrogens is 278 g/mol. The molecule has 0 bridgehead atoms. The van der Waals surface area contributed by atoms with Crippen molar-refractivity contribution in [2.45, 2.75) is 25.6 Å². The zero-order valence-corrected chi connectivity index (χ0v) is 11.9. The largest absolute Gasteiger partial charge is 0.496 e. The lowest BCUT2D eigenvalue weighted by atomic mass is 9.99. The van der Waals surface area contributed by atoms with Crippen molar-refractivity contribution in [3.05, 3.63) is 29.3 Å². The first kappa shape index (κ1) is 16.9. The van der Waals surface area contributed by atoms with Crippen LogP contribution in [-0.4, -0.2) is 47.0 Å². The first-order valence-corrected chi connectivity index (χ1v) is 6.34. The highest BCUT2D eigenvalue weighted by Gasteiger charge is 2.22. The summed E-state index contributed by atoms with van der Waals surface area (Å²) < 4.78 is 5.10. The molecule has 0 fully saturated rings. The Bertz CT molecular complexity index is 516. The summed E-state index contributed by atoms with van der Waals surface area (Å²) in [5.41, 5.74) is 0.748. The third-order valence-electron chi connectivity index (χ3n) is 2.89. The number of aliphatic hydroxyl groups excluding tert-OH is 2. The van der Waals surface area contributed by atoms with Gasteiger partial charge in [-0.1, -0.05) is 6.07 Å². The molecule has 7 nitrogen and oxygen atoms in total. The summed E-state index contributed by atoms with van der Waals surface area (Å²) in [6, 6.07) is 4.57. The molecule has 1 aromatic rings. The van der Waals surface area contributed by atoms with Gasteiger partial charge < -0.3 is 25.4 Å². The lowest BCUT2D eigenvalue weighted by molar-refractivity contribution is -0.136. The lowest BCUT2D eigenvalue weighted by Gasteiger charge is -2.21. The van der Waals surface area contributed by atoms with Crippen LogP contribution in [-0.2, 0) is 16.0 Å². The summed E-state index contributed by atoms with van der Waals surface area (Å²) in [4.78, 5) is 21.5. The Morgan fingerprint density at radius 1 is 1.33 bits per heavy atom. The summed E-state index contributed by atoms with van der Waals surface area (Å²) in [5, 5.41) is 31.2. The summed E-state index contributed by atoms with van der Waals surface area (Å²) in [6.45, 7) is 1.18. The number of hydrogen-bond acceptors (Lipinski definition) is 5. The van der Waals surface area contributed by atoms with Crippen molar-refractivity contribution >= 4 is 11.9 Å². The van der Waals surface area contributed by atoms with Crippen LogP contribution in [0.1, 0.15) is 24.2 Å². The van der Waals surface area contributed by atoms with Gasteiger partial charge in [0, 0.05) is 19.0 Å². The molecule has 4 N–H and O–H groups in total. The van der Waals surface area contributed by atoms with Crippen molar-refractivity contribution in [3.8, 4) is 5.75 Å². The van der Waals surface area contributed by atoms with Crippen LogP contribution in [0, 0.1) is 0 Å². The van der Waals surface area contributed by atoms with E-state index in [1.54, 1.807) is 6.07 Å². The van der Waals surface area contributed by atoms with E-state index in [4.69, 9.17) is 9.84 Å². The molecule has 116 valence electrons. The predicted octanol–water partition coefficient (Wildman–Crippen LogP) is -0.147. The third kappa shape index (κ3) is 5.05. The number of amides is 1. The van der Waals surface area contributed by atoms with Crippen LogP contribution in [0.25, 0.3) is 0 Å². The van der Waals surface area contributed by atoms with E-state index in [-0.39, 0.29) is 24.4 Å². The number of hydrogen-bond donors (Lipinski definition) is 4. The smallest absolute Gasteiger partial charge is 0.307 e. The molecule has 1 amide bonds. The molecule has 2 unspecified atom stereocenters. The second-order valence-corrected chi connectivity index (χ2v) is 4.60. The molecule has 7 heteroatoms. The summed E-state index contributed by atoms with van der Waals surface area (Å²) >= 11 is 0. The number of carboxylic acids is 1. The quantitative estimate of drug-likeness (QED) is 0.556. The fraction of sp³-hybridized carbons (Fsp3) is 0.429. The number of aliphatic carboxylic acids is 1. The van der Waals surface area contributed by atoms with E-state index < -0.39 is 18.2 Å². The van der Waals surface area contributed by atoms with Crippen molar-refractivity contribution in [3.63, 3.8) is 0 Å². The van der Waals surface area contributed by atoms with E-state index in [1.165, 1.54) is 26.2 Å². The maximum atomic E-state index is 10.8. The van der Waals surface area contributed by atoms with E-state index >= 15 is 0 Å². The van der Waals surface area contributed by atoms with Gasteiger partial charge in [-0.25, -0.2) is 0 Å². The van der Waals surface area contributed by atoms with Gasteiger partial charge in [-0.15, -0.1) is 0 Å². The molecule has 0 aliphatic carbocycles. The molecule has 1 rings (SSSR count). The van der Waals surface area contributed by atoms with Gasteiger partial charge in [0.1, 0.15) is 18.0 Å². The highest BCUT2D eigenvalue weighted by atomic mass is 16.5. The Hall–Kier alpha value is -2.12. The predicted molar refractivity (Wildman–Crippen MR) is 74.0 cm³/mol. The van der Waals surface area contributed by atoms with E-state index in [2.05, 4.69) is 5.32 Å². The topological polar surface area (TPSA) is 116 Å². The van der Waals surface area contributed by atoms with Gasteiger partial charge in [-0.2, -0.15) is 0 Å². The summed E-state index contributed by atoms with van der Waals surface area (Å²) in [5.74, 6) is -0.995. The third-order valence-corrected chi connectivity index (χ3v) is 2.89. The number of carbonyl (C=O) groups excluding carboxylic acids is 1. The maximum absolute atomic E-state index is 10.8. The van der Waals surface area contributed by atoms with Crippen molar-refractivity contribution in [1.82, 2.24) is 5.32 Å². The second-order valence-electron chi connectivity index (χ2n) is 4.60. The molecule has 2 atom stereocenters. The fourth-order valence-electron chi connectivity index (χ4n) is 1.87. The highest BCUT2D eigenvalue weighted by Crippen LogP contribution is 2.28. The number of carboxylic acid groups (broad SMARTS) is 1. The highest BCUT2D eigenvalue weighted by molar-refractivity contribution is 5.72. The summed E-state index contributed by atoms with van der Waals surface area (Å²) in [7, 11) is 1.41. The van der Waals surface area contributed by atoms with E-state index in [1.807, 2.05) is 0 Å². The number of benzene rings is 1. The van der Waals surface area contributed by atoms with Crippen LogP contribution in [0.5, 0.6) is 5.75 Å². The minimum atomic E-state index is -1.31. The van der Waals surface area contributed by atoms with Gasteiger partial charge >= 0.3 is 5.97 Å². The van der Waals surface area contributed by atoms with E-state index in [0.717, 1.165) is 0 Å². The van der Waals surface area contributed by atoms with Crippen molar-refractivity contribution in [1.29, 1.82) is 0 Å².